The Labute approximate surface area is 169 Å². The van der Waals surface area contributed by atoms with Crippen LogP contribution in [0.25, 0.3) is 22.2 Å². The van der Waals surface area contributed by atoms with Crippen LogP contribution in [0.1, 0.15) is 28.7 Å². The number of benzene rings is 1. The SMILES string of the molecule is CCn1ncc(-c2cc(C(=O)N(C)Cc3ccnn3C)c3ccccc3n2)c1C. The maximum absolute atomic E-state index is 13.4. The Hall–Kier alpha value is -3.48. The quantitative estimate of drug-likeness (QED) is 0.525. The van der Waals surface area contributed by atoms with Gasteiger partial charge in [0.25, 0.3) is 5.91 Å². The molecule has 0 fully saturated rings. The lowest BCUT2D eigenvalue weighted by Gasteiger charge is -2.19. The summed E-state index contributed by atoms with van der Waals surface area (Å²) in [4.78, 5) is 19.9. The van der Waals surface area contributed by atoms with Crippen LogP contribution in [0.5, 0.6) is 0 Å². The standard InChI is InChI=1S/C22H24N6O/c1-5-28-15(2)19(13-24-28)21-12-18(17-8-6-7-9-20(17)25-21)22(29)26(3)14-16-10-11-23-27(16)4/h6-13H,5,14H2,1-4H3. The molecule has 1 amide bonds. The molecule has 0 N–H and O–H groups in total. The molecule has 29 heavy (non-hydrogen) atoms. The molecular weight excluding hydrogens is 364 g/mol. The van der Waals surface area contributed by atoms with E-state index in [-0.39, 0.29) is 5.91 Å². The average Bonchev–Trinajstić information content (AvgIpc) is 3.31. The summed E-state index contributed by atoms with van der Waals surface area (Å²) in [6, 6.07) is 11.6. The topological polar surface area (TPSA) is 68.8 Å². The molecule has 7 nitrogen and oxygen atoms in total. The number of carbonyl (C=O) groups is 1. The Balaban J connectivity index is 1.79. The molecular formula is C22H24N6O. The molecule has 0 bridgehead atoms. The minimum Gasteiger partial charge on any atom is -0.336 e. The van der Waals surface area contributed by atoms with Gasteiger partial charge in [-0.05, 0) is 32.0 Å². The molecule has 0 unspecified atom stereocenters. The van der Waals surface area contributed by atoms with Crippen LogP contribution in [-0.2, 0) is 20.1 Å². The summed E-state index contributed by atoms with van der Waals surface area (Å²) in [7, 11) is 3.69. The molecule has 1 aromatic carbocycles. The van der Waals surface area contributed by atoms with Gasteiger partial charge in [0.05, 0.1) is 35.2 Å². The van der Waals surface area contributed by atoms with E-state index in [0.29, 0.717) is 12.1 Å². The fraction of sp³-hybridized carbons (Fsp3) is 0.273. The highest BCUT2D eigenvalue weighted by Gasteiger charge is 2.20. The number of nitrogens with zero attached hydrogens (tertiary/aromatic N) is 6. The number of amides is 1. The van der Waals surface area contributed by atoms with Gasteiger partial charge in [-0.3, -0.25) is 14.2 Å². The maximum Gasteiger partial charge on any atom is 0.254 e. The van der Waals surface area contributed by atoms with Crippen LogP contribution in [0.3, 0.4) is 0 Å². The summed E-state index contributed by atoms with van der Waals surface area (Å²) in [5, 5.41) is 9.46. The molecule has 4 rings (SSSR count). The summed E-state index contributed by atoms with van der Waals surface area (Å²) in [5.74, 6) is -0.0495. The van der Waals surface area contributed by atoms with Crippen molar-refractivity contribution < 1.29 is 4.79 Å². The van der Waals surface area contributed by atoms with Gasteiger partial charge in [0, 0.05) is 43.5 Å². The highest BCUT2D eigenvalue weighted by Crippen LogP contribution is 2.28. The molecule has 0 aliphatic carbocycles. The van der Waals surface area contributed by atoms with Crippen molar-refractivity contribution in [2.75, 3.05) is 7.05 Å². The second-order valence-corrected chi connectivity index (χ2v) is 7.14. The summed E-state index contributed by atoms with van der Waals surface area (Å²) < 4.78 is 3.71. The van der Waals surface area contributed by atoms with Gasteiger partial charge in [-0.25, -0.2) is 4.98 Å². The zero-order chi connectivity index (χ0) is 20.5. The third-order valence-electron chi connectivity index (χ3n) is 5.29. The van der Waals surface area contributed by atoms with Gasteiger partial charge >= 0.3 is 0 Å². The van der Waals surface area contributed by atoms with Crippen molar-refractivity contribution in [3.05, 3.63) is 65.7 Å². The first-order chi connectivity index (χ1) is 14.0. The molecule has 0 spiro atoms. The number of para-hydroxylation sites is 1. The fourth-order valence-electron chi connectivity index (χ4n) is 3.58. The Morgan fingerprint density at radius 3 is 2.66 bits per heavy atom. The smallest absolute Gasteiger partial charge is 0.254 e. The fourth-order valence-corrected chi connectivity index (χ4v) is 3.58. The molecule has 7 heteroatoms. The number of pyridine rings is 1. The number of fused-ring (bicyclic) bond motifs is 1. The van der Waals surface area contributed by atoms with E-state index in [2.05, 4.69) is 17.1 Å². The zero-order valence-electron chi connectivity index (χ0n) is 17.1. The minimum atomic E-state index is -0.0495. The molecule has 4 aromatic rings. The molecule has 0 radical (unpaired) electrons. The zero-order valence-corrected chi connectivity index (χ0v) is 17.1. The van der Waals surface area contributed by atoms with Crippen LogP contribution in [0.15, 0.2) is 48.8 Å². The van der Waals surface area contributed by atoms with Crippen LogP contribution < -0.4 is 0 Å². The Bertz CT molecular complexity index is 1190. The number of rotatable bonds is 5. The molecule has 0 saturated heterocycles. The minimum absolute atomic E-state index is 0.0495. The summed E-state index contributed by atoms with van der Waals surface area (Å²) in [6.07, 6.45) is 3.56. The Kier molecular flexibility index (Phi) is 4.88. The van der Waals surface area contributed by atoms with Crippen molar-refractivity contribution in [1.82, 2.24) is 29.4 Å². The van der Waals surface area contributed by atoms with Crippen LogP contribution in [0, 0.1) is 6.92 Å². The van der Waals surface area contributed by atoms with Crippen molar-refractivity contribution >= 4 is 16.8 Å². The molecule has 3 aromatic heterocycles. The average molecular weight is 388 g/mol. The van der Waals surface area contributed by atoms with Crippen molar-refractivity contribution in [1.29, 1.82) is 0 Å². The van der Waals surface area contributed by atoms with E-state index in [1.807, 2.05) is 68.3 Å². The molecule has 3 heterocycles. The number of hydrogen-bond acceptors (Lipinski definition) is 4. The van der Waals surface area contributed by atoms with E-state index in [9.17, 15) is 4.79 Å². The van der Waals surface area contributed by atoms with Gasteiger partial charge in [-0.1, -0.05) is 18.2 Å². The second kappa shape index (κ2) is 7.50. The largest absolute Gasteiger partial charge is 0.336 e. The first kappa shape index (κ1) is 18.9. The highest BCUT2D eigenvalue weighted by atomic mass is 16.2. The Morgan fingerprint density at radius 2 is 1.97 bits per heavy atom. The number of aryl methyl sites for hydroxylation is 2. The van der Waals surface area contributed by atoms with Gasteiger partial charge in [0.1, 0.15) is 0 Å². The van der Waals surface area contributed by atoms with Gasteiger partial charge in [-0.2, -0.15) is 10.2 Å². The van der Waals surface area contributed by atoms with Crippen LogP contribution in [-0.4, -0.2) is 42.4 Å². The van der Waals surface area contributed by atoms with E-state index < -0.39 is 0 Å². The van der Waals surface area contributed by atoms with Crippen LogP contribution in [0.4, 0.5) is 0 Å². The lowest BCUT2D eigenvalue weighted by molar-refractivity contribution is 0.0784. The van der Waals surface area contributed by atoms with Crippen LogP contribution >= 0.6 is 0 Å². The van der Waals surface area contributed by atoms with Gasteiger partial charge in [0.2, 0.25) is 0 Å². The normalized spacial score (nSPS) is 11.2. The van der Waals surface area contributed by atoms with Gasteiger partial charge in [0.15, 0.2) is 0 Å². The number of aromatic nitrogens is 5. The van der Waals surface area contributed by atoms with E-state index in [4.69, 9.17) is 4.98 Å². The molecule has 148 valence electrons. The first-order valence-electron chi connectivity index (χ1n) is 9.64. The van der Waals surface area contributed by atoms with Gasteiger partial charge in [-0.15, -0.1) is 0 Å². The maximum atomic E-state index is 13.4. The number of carbonyl (C=O) groups excluding carboxylic acids is 1. The molecule has 0 aliphatic heterocycles. The van der Waals surface area contributed by atoms with Crippen molar-refractivity contribution in [2.45, 2.75) is 26.9 Å². The molecule has 0 aliphatic rings. The van der Waals surface area contributed by atoms with Crippen molar-refractivity contribution in [2.24, 2.45) is 7.05 Å². The highest BCUT2D eigenvalue weighted by molar-refractivity contribution is 6.07. The molecule has 0 atom stereocenters. The van der Waals surface area contributed by atoms with E-state index >= 15 is 0 Å². The lowest BCUT2D eigenvalue weighted by atomic mass is 10.0. The van der Waals surface area contributed by atoms with E-state index in [1.165, 1.54) is 0 Å². The van der Waals surface area contributed by atoms with E-state index in [0.717, 1.165) is 40.1 Å². The monoisotopic (exact) mass is 388 g/mol. The lowest BCUT2D eigenvalue weighted by Crippen LogP contribution is -2.27. The number of hydrogen-bond donors (Lipinski definition) is 0. The second-order valence-electron chi connectivity index (χ2n) is 7.14. The third-order valence-corrected chi connectivity index (χ3v) is 5.29. The Morgan fingerprint density at radius 1 is 1.17 bits per heavy atom. The summed E-state index contributed by atoms with van der Waals surface area (Å²) in [6.45, 7) is 5.35. The van der Waals surface area contributed by atoms with E-state index in [1.54, 1.807) is 15.8 Å². The summed E-state index contributed by atoms with van der Waals surface area (Å²) >= 11 is 0. The predicted octanol–water partition coefficient (Wildman–Crippen LogP) is 3.43. The third kappa shape index (κ3) is 3.40. The first-order valence-corrected chi connectivity index (χ1v) is 9.64. The van der Waals surface area contributed by atoms with Crippen molar-refractivity contribution in [3.8, 4) is 11.3 Å². The van der Waals surface area contributed by atoms with Crippen molar-refractivity contribution in [3.63, 3.8) is 0 Å². The predicted molar refractivity (Wildman–Crippen MR) is 112 cm³/mol. The van der Waals surface area contributed by atoms with Crippen LogP contribution in [0.2, 0.25) is 0 Å². The summed E-state index contributed by atoms with van der Waals surface area (Å²) in [5.41, 5.74) is 5.15. The van der Waals surface area contributed by atoms with Gasteiger partial charge < -0.3 is 4.90 Å². The molecule has 0 saturated carbocycles.